The van der Waals surface area contributed by atoms with Gasteiger partial charge in [-0.1, -0.05) is 86.5 Å². The maximum Gasteiger partial charge on any atom is 0.281 e. The molecule has 2 atom stereocenters. The molecule has 1 aliphatic heterocycles. The van der Waals surface area contributed by atoms with E-state index in [2.05, 4.69) is 56.4 Å². The van der Waals surface area contributed by atoms with E-state index >= 15 is 0 Å². The van der Waals surface area contributed by atoms with Crippen LogP contribution >= 0.6 is 11.6 Å². The van der Waals surface area contributed by atoms with Crippen molar-refractivity contribution in [2.45, 2.75) is 94.7 Å². The van der Waals surface area contributed by atoms with Gasteiger partial charge < -0.3 is 15.4 Å². The average molecular weight is 734 g/mol. The van der Waals surface area contributed by atoms with E-state index in [4.69, 9.17) is 16.3 Å². The van der Waals surface area contributed by atoms with Crippen LogP contribution in [0.5, 0.6) is 5.88 Å². The SMILES string of the molecule is CC1(C)C[C@H](CCC(Nc2cccc(S(=O)(=O)NC(=O)c3ccc(-n4ccc(OCCC5CCCCCC5)n4)nc3Cl)n2)c2ccccc2)CN1. The molecule has 1 aliphatic carbocycles. The molecule has 0 radical (unpaired) electrons. The molecule has 272 valence electrons. The van der Waals surface area contributed by atoms with Crippen LogP contribution in [-0.4, -0.2) is 52.8 Å². The standard InChI is InChI=1S/C38H48ClN7O4S/c1-38(2)25-28(26-40-38)17-19-31(29-13-8-5-9-14-29)41-32-15-10-16-35(42-32)51(48,49)45-37(47)30-18-20-33(43-36(30)39)46-23-21-34(44-46)50-24-22-27-11-6-3-4-7-12-27/h5,8-10,13-16,18,20-21,23,27-28,31,40H,3-4,6-7,11-12,17,19,22,24-26H2,1-2H3,(H,41,42)(H,45,47)/t28-,31?/m0/s1. The summed E-state index contributed by atoms with van der Waals surface area (Å²) in [6.45, 7) is 6.02. The van der Waals surface area contributed by atoms with Crippen LogP contribution < -0.4 is 20.1 Å². The van der Waals surface area contributed by atoms with Crippen LogP contribution in [0.3, 0.4) is 0 Å². The molecule has 0 bridgehead atoms. The highest BCUT2D eigenvalue weighted by Crippen LogP contribution is 2.31. The van der Waals surface area contributed by atoms with Gasteiger partial charge in [0.05, 0.1) is 18.2 Å². The van der Waals surface area contributed by atoms with Crippen molar-refractivity contribution in [3.8, 4) is 11.7 Å². The molecular weight excluding hydrogens is 686 g/mol. The Morgan fingerprint density at radius 3 is 2.49 bits per heavy atom. The van der Waals surface area contributed by atoms with Gasteiger partial charge in [-0.2, -0.15) is 8.42 Å². The van der Waals surface area contributed by atoms with Crippen molar-refractivity contribution < 1.29 is 17.9 Å². The lowest BCUT2D eigenvalue weighted by Gasteiger charge is -2.22. The Hall–Kier alpha value is -4.00. The van der Waals surface area contributed by atoms with Crippen molar-refractivity contribution in [2.24, 2.45) is 11.8 Å². The van der Waals surface area contributed by atoms with Crippen LogP contribution in [0.25, 0.3) is 5.82 Å². The van der Waals surface area contributed by atoms with Crippen molar-refractivity contribution in [2.75, 3.05) is 18.5 Å². The van der Waals surface area contributed by atoms with Crippen molar-refractivity contribution in [1.82, 2.24) is 29.8 Å². The predicted octanol–water partition coefficient (Wildman–Crippen LogP) is 7.50. The Bertz CT molecular complexity index is 1880. The van der Waals surface area contributed by atoms with Crippen LogP contribution in [-0.2, 0) is 10.0 Å². The first kappa shape index (κ1) is 36.8. The van der Waals surface area contributed by atoms with E-state index in [0.29, 0.717) is 36.0 Å². The zero-order chi connectivity index (χ0) is 35.8. The number of pyridine rings is 2. The van der Waals surface area contributed by atoms with E-state index in [1.807, 2.05) is 18.2 Å². The van der Waals surface area contributed by atoms with Gasteiger partial charge in [-0.3, -0.25) is 4.79 Å². The lowest BCUT2D eigenvalue weighted by molar-refractivity contribution is 0.0981. The van der Waals surface area contributed by atoms with Crippen LogP contribution in [0.4, 0.5) is 5.82 Å². The van der Waals surface area contributed by atoms with Crippen molar-refractivity contribution in [3.05, 3.63) is 89.2 Å². The molecule has 1 amide bonds. The summed E-state index contributed by atoms with van der Waals surface area (Å²) in [5, 5.41) is 11.0. The van der Waals surface area contributed by atoms with E-state index < -0.39 is 15.9 Å². The van der Waals surface area contributed by atoms with Crippen LogP contribution in [0.15, 0.2) is 78.0 Å². The highest BCUT2D eigenvalue weighted by Gasteiger charge is 2.31. The van der Waals surface area contributed by atoms with Gasteiger partial charge in [0.2, 0.25) is 5.88 Å². The number of aromatic nitrogens is 4. The number of carbonyl (C=O) groups is 1. The van der Waals surface area contributed by atoms with Gasteiger partial charge in [-0.25, -0.2) is 19.4 Å². The van der Waals surface area contributed by atoms with E-state index in [1.54, 1.807) is 30.5 Å². The average Bonchev–Trinajstić information content (AvgIpc) is 3.63. The molecule has 0 spiro atoms. The molecular formula is C38H48ClN7O4S. The Kier molecular flexibility index (Phi) is 11.9. The first-order chi connectivity index (χ1) is 24.5. The fourth-order valence-electron chi connectivity index (χ4n) is 7.17. The molecule has 1 saturated carbocycles. The fraction of sp³-hybridized carbons (Fsp3) is 0.474. The molecule has 3 N–H and O–H groups in total. The number of sulfonamides is 1. The predicted molar refractivity (Wildman–Crippen MR) is 199 cm³/mol. The molecule has 3 aromatic heterocycles. The molecule has 1 saturated heterocycles. The monoisotopic (exact) mass is 733 g/mol. The minimum Gasteiger partial charge on any atom is -0.477 e. The Morgan fingerprint density at radius 1 is 0.980 bits per heavy atom. The lowest BCUT2D eigenvalue weighted by atomic mass is 9.91. The normalized spacial score (nSPS) is 18.5. The van der Waals surface area contributed by atoms with E-state index in [1.165, 1.54) is 55.3 Å². The first-order valence-corrected chi connectivity index (χ1v) is 19.9. The number of rotatable bonds is 14. The molecule has 1 aromatic carbocycles. The summed E-state index contributed by atoms with van der Waals surface area (Å²) in [6, 6.07) is 19.4. The molecule has 11 nitrogen and oxygen atoms in total. The van der Waals surface area contributed by atoms with Crippen LogP contribution in [0, 0.1) is 11.8 Å². The smallest absolute Gasteiger partial charge is 0.281 e. The largest absolute Gasteiger partial charge is 0.477 e. The van der Waals surface area contributed by atoms with E-state index in [9.17, 15) is 13.2 Å². The summed E-state index contributed by atoms with van der Waals surface area (Å²) < 4.78 is 36.2. The number of hydrogen-bond acceptors (Lipinski definition) is 9. The van der Waals surface area contributed by atoms with Gasteiger partial charge in [0.15, 0.2) is 10.8 Å². The Morgan fingerprint density at radius 2 is 1.76 bits per heavy atom. The molecule has 51 heavy (non-hydrogen) atoms. The molecule has 1 unspecified atom stereocenters. The van der Waals surface area contributed by atoms with Gasteiger partial charge >= 0.3 is 0 Å². The third kappa shape index (κ3) is 10.1. The second-order valence-electron chi connectivity index (χ2n) is 14.4. The minimum atomic E-state index is -4.34. The number of nitrogens with zero attached hydrogens (tertiary/aromatic N) is 4. The Balaban J connectivity index is 1.07. The number of amides is 1. The van der Waals surface area contributed by atoms with E-state index in [0.717, 1.165) is 37.8 Å². The first-order valence-electron chi connectivity index (χ1n) is 18.0. The summed E-state index contributed by atoms with van der Waals surface area (Å²) in [6.07, 6.45) is 13.4. The van der Waals surface area contributed by atoms with Crippen molar-refractivity contribution in [1.29, 1.82) is 0 Å². The molecule has 13 heteroatoms. The number of hydrogen-bond donors (Lipinski definition) is 3. The molecule has 2 aliphatic rings. The number of anilines is 1. The zero-order valence-electron chi connectivity index (χ0n) is 29.4. The highest BCUT2D eigenvalue weighted by atomic mass is 35.5. The summed E-state index contributed by atoms with van der Waals surface area (Å²) in [4.78, 5) is 21.9. The fourth-order valence-corrected chi connectivity index (χ4v) is 8.34. The number of carbonyl (C=O) groups excluding carboxylic acids is 1. The topological polar surface area (TPSA) is 140 Å². The maximum absolute atomic E-state index is 13.4. The highest BCUT2D eigenvalue weighted by molar-refractivity contribution is 7.90. The number of benzene rings is 1. The van der Waals surface area contributed by atoms with E-state index in [-0.39, 0.29) is 27.3 Å². The summed E-state index contributed by atoms with van der Waals surface area (Å²) in [7, 11) is -4.34. The minimum absolute atomic E-state index is 0.0815. The Labute approximate surface area is 306 Å². The van der Waals surface area contributed by atoms with Crippen molar-refractivity contribution in [3.63, 3.8) is 0 Å². The maximum atomic E-state index is 13.4. The van der Waals surface area contributed by atoms with Gasteiger partial charge in [0.25, 0.3) is 15.9 Å². The number of ether oxygens (including phenoxy) is 1. The second kappa shape index (κ2) is 16.6. The summed E-state index contributed by atoms with van der Waals surface area (Å²) in [5.41, 5.74) is 1.11. The number of nitrogens with one attached hydrogen (secondary N) is 3. The summed E-state index contributed by atoms with van der Waals surface area (Å²) in [5.74, 6) is 1.55. The third-order valence-corrected chi connectivity index (χ3v) is 11.4. The lowest BCUT2D eigenvalue weighted by Crippen LogP contribution is -2.31. The quantitative estimate of drug-likeness (QED) is 0.0888. The molecule has 4 heterocycles. The molecule has 2 fully saturated rings. The van der Waals surface area contributed by atoms with Gasteiger partial charge in [0.1, 0.15) is 11.0 Å². The van der Waals surface area contributed by atoms with Crippen molar-refractivity contribution >= 4 is 33.3 Å². The van der Waals surface area contributed by atoms with Crippen LogP contribution in [0.1, 0.15) is 100 Å². The zero-order valence-corrected chi connectivity index (χ0v) is 30.9. The third-order valence-electron chi connectivity index (χ3n) is 9.91. The van der Waals surface area contributed by atoms with Crippen LogP contribution in [0.2, 0.25) is 5.15 Å². The van der Waals surface area contributed by atoms with Gasteiger partial charge in [-0.05, 0) is 87.7 Å². The molecule has 4 aromatic rings. The van der Waals surface area contributed by atoms with Gasteiger partial charge in [-0.15, -0.1) is 5.10 Å². The summed E-state index contributed by atoms with van der Waals surface area (Å²) >= 11 is 6.40. The number of halogens is 1. The molecule has 6 rings (SSSR count). The second-order valence-corrected chi connectivity index (χ2v) is 16.4. The van der Waals surface area contributed by atoms with Gasteiger partial charge in [0, 0.05) is 17.8 Å².